The average molecular weight is 302 g/mol. The van der Waals surface area contributed by atoms with Gasteiger partial charge in [-0.2, -0.15) is 9.40 Å². The van der Waals surface area contributed by atoms with Crippen LogP contribution in [0.5, 0.6) is 0 Å². The van der Waals surface area contributed by atoms with Crippen LogP contribution >= 0.6 is 0 Å². The van der Waals surface area contributed by atoms with Crippen LogP contribution in [0.25, 0.3) is 0 Å². The van der Waals surface area contributed by atoms with E-state index in [-0.39, 0.29) is 5.03 Å². The Balaban J connectivity index is 2.88. The van der Waals surface area contributed by atoms with E-state index in [0.29, 0.717) is 25.2 Å². The second kappa shape index (κ2) is 8.39. The fraction of sp³-hybridized carbons (Fsp3) is 0.769. The highest BCUT2D eigenvalue weighted by molar-refractivity contribution is 7.89. The van der Waals surface area contributed by atoms with Crippen molar-refractivity contribution in [1.82, 2.24) is 19.8 Å². The van der Waals surface area contributed by atoms with Crippen LogP contribution in [0, 0.1) is 0 Å². The Labute approximate surface area is 122 Å². The molecule has 0 aliphatic rings. The maximum Gasteiger partial charge on any atom is 0.260 e. The summed E-state index contributed by atoms with van der Waals surface area (Å²) in [6.07, 6.45) is 4.44. The van der Waals surface area contributed by atoms with E-state index in [1.54, 1.807) is 6.20 Å². The molecule has 1 aromatic rings. The van der Waals surface area contributed by atoms with E-state index in [2.05, 4.69) is 29.4 Å². The number of sulfonamides is 1. The van der Waals surface area contributed by atoms with Crippen LogP contribution in [0.2, 0.25) is 0 Å². The lowest BCUT2D eigenvalue weighted by molar-refractivity contribution is 0.416. The largest absolute Gasteiger partial charge is 0.313 e. The fourth-order valence-corrected chi connectivity index (χ4v) is 3.55. The average Bonchev–Trinajstić information content (AvgIpc) is 2.89. The van der Waals surface area contributed by atoms with Gasteiger partial charge in [-0.1, -0.05) is 27.2 Å². The number of nitrogens with zero attached hydrogens (tertiary/aromatic N) is 2. The van der Waals surface area contributed by atoms with Crippen molar-refractivity contribution < 1.29 is 8.42 Å². The minimum atomic E-state index is -3.47. The molecule has 20 heavy (non-hydrogen) atoms. The van der Waals surface area contributed by atoms with Gasteiger partial charge in [0.05, 0.1) is 6.20 Å². The Hall–Kier alpha value is -0.920. The summed E-state index contributed by atoms with van der Waals surface area (Å²) in [5.74, 6) is 0. The lowest BCUT2D eigenvalue weighted by atomic mass is 10.3. The SMILES string of the molecule is CCCCN(CC)S(=O)(=O)c1[nH]ncc1CNCCC. The van der Waals surface area contributed by atoms with Gasteiger partial charge in [0.25, 0.3) is 10.0 Å². The number of H-pyrrole nitrogens is 1. The van der Waals surface area contributed by atoms with Crippen LogP contribution < -0.4 is 5.32 Å². The smallest absolute Gasteiger partial charge is 0.260 e. The van der Waals surface area contributed by atoms with Gasteiger partial charge in [0.1, 0.15) is 0 Å². The molecule has 7 heteroatoms. The first-order chi connectivity index (χ1) is 9.57. The highest BCUT2D eigenvalue weighted by atomic mass is 32.2. The Morgan fingerprint density at radius 3 is 2.65 bits per heavy atom. The first-order valence-electron chi connectivity index (χ1n) is 7.30. The Morgan fingerprint density at radius 2 is 2.05 bits per heavy atom. The van der Waals surface area contributed by atoms with Crippen LogP contribution in [0.1, 0.15) is 45.6 Å². The normalized spacial score (nSPS) is 12.2. The second-order valence-corrected chi connectivity index (χ2v) is 6.63. The second-order valence-electron chi connectivity index (χ2n) is 4.75. The molecule has 0 spiro atoms. The molecule has 0 atom stereocenters. The quantitative estimate of drug-likeness (QED) is 0.645. The van der Waals surface area contributed by atoms with Crippen LogP contribution in [0.15, 0.2) is 11.2 Å². The van der Waals surface area contributed by atoms with Gasteiger partial charge in [0.2, 0.25) is 0 Å². The molecule has 0 saturated heterocycles. The van der Waals surface area contributed by atoms with Crippen LogP contribution in [-0.4, -0.2) is 42.6 Å². The van der Waals surface area contributed by atoms with Crippen molar-refractivity contribution >= 4 is 10.0 Å². The summed E-state index contributed by atoms with van der Waals surface area (Å²) >= 11 is 0. The number of rotatable bonds is 10. The lowest BCUT2D eigenvalue weighted by Gasteiger charge is -2.20. The summed E-state index contributed by atoms with van der Waals surface area (Å²) in [5.41, 5.74) is 0.702. The van der Waals surface area contributed by atoms with Gasteiger partial charge in [-0.3, -0.25) is 5.10 Å². The predicted molar refractivity (Wildman–Crippen MR) is 79.9 cm³/mol. The molecule has 1 rings (SSSR count). The Bertz CT molecular complexity index is 484. The van der Waals surface area contributed by atoms with Crippen molar-refractivity contribution in [2.45, 2.75) is 51.6 Å². The van der Waals surface area contributed by atoms with E-state index in [0.717, 1.165) is 25.8 Å². The molecule has 6 nitrogen and oxygen atoms in total. The molecule has 1 heterocycles. The zero-order chi connectivity index (χ0) is 15.0. The molecule has 0 amide bonds. The van der Waals surface area contributed by atoms with Crippen LogP contribution in [0.3, 0.4) is 0 Å². The van der Waals surface area contributed by atoms with Crippen molar-refractivity contribution in [3.05, 3.63) is 11.8 Å². The van der Waals surface area contributed by atoms with E-state index < -0.39 is 10.0 Å². The number of aromatic amines is 1. The summed E-state index contributed by atoms with van der Waals surface area (Å²) in [7, 11) is -3.47. The van der Waals surface area contributed by atoms with Gasteiger partial charge in [-0.15, -0.1) is 0 Å². The maximum absolute atomic E-state index is 12.6. The topological polar surface area (TPSA) is 78.1 Å². The number of hydrogen-bond donors (Lipinski definition) is 2. The number of aromatic nitrogens is 2. The third-order valence-corrected chi connectivity index (χ3v) is 5.12. The summed E-state index contributed by atoms with van der Waals surface area (Å²) in [4.78, 5) is 0. The van der Waals surface area contributed by atoms with E-state index >= 15 is 0 Å². The molecule has 0 saturated carbocycles. The minimum Gasteiger partial charge on any atom is -0.313 e. The molecule has 2 N–H and O–H groups in total. The van der Waals surface area contributed by atoms with Gasteiger partial charge in [-0.25, -0.2) is 8.42 Å². The highest BCUT2D eigenvalue weighted by Crippen LogP contribution is 2.18. The summed E-state index contributed by atoms with van der Waals surface area (Å²) in [6, 6.07) is 0. The standard InChI is InChI=1S/C13H26N4O2S/c1-4-7-9-17(6-3)20(18,19)13-12(11-15-16-13)10-14-8-5-2/h11,14H,4-10H2,1-3H3,(H,15,16). The number of hydrogen-bond acceptors (Lipinski definition) is 4. The molecular weight excluding hydrogens is 276 g/mol. The van der Waals surface area contributed by atoms with Crippen LogP contribution in [-0.2, 0) is 16.6 Å². The highest BCUT2D eigenvalue weighted by Gasteiger charge is 2.26. The molecule has 116 valence electrons. The predicted octanol–water partition coefficient (Wildman–Crippen LogP) is 1.72. The molecule has 0 unspecified atom stereocenters. The number of nitrogens with one attached hydrogen (secondary N) is 2. The maximum atomic E-state index is 12.6. The monoisotopic (exact) mass is 302 g/mol. The molecule has 0 bridgehead atoms. The third-order valence-electron chi connectivity index (χ3n) is 3.13. The van der Waals surface area contributed by atoms with Crippen molar-refractivity contribution in [3.63, 3.8) is 0 Å². The Morgan fingerprint density at radius 1 is 1.30 bits per heavy atom. The van der Waals surface area contributed by atoms with E-state index in [1.165, 1.54) is 4.31 Å². The van der Waals surface area contributed by atoms with Gasteiger partial charge in [-0.05, 0) is 19.4 Å². The fourth-order valence-electron chi connectivity index (χ4n) is 1.96. The molecule has 1 aromatic heterocycles. The number of unbranched alkanes of at least 4 members (excludes halogenated alkanes) is 1. The van der Waals surface area contributed by atoms with E-state index in [1.807, 2.05) is 6.92 Å². The zero-order valence-corrected chi connectivity index (χ0v) is 13.5. The van der Waals surface area contributed by atoms with Gasteiger partial charge in [0, 0.05) is 25.2 Å². The molecule has 0 aromatic carbocycles. The molecule has 0 fully saturated rings. The Kier molecular flexibility index (Phi) is 7.18. The van der Waals surface area contributed by atoms with Gasteiger partial charge < -0.3 is 5.32 Å². The van der Waals surface area contributed by atoms with Crippen molar-refractivity contribution in [1.29, 1.82) is 0 Å². The van der Waals surface area contributed by atoms with Crippen LogP contribution in [0.4, 0.5) is 0 Å². The van der Waals surface area contributed by atoms with Crippen molar-refractivity contribution in [2.24, 2.45) is 0 Å². The zero-order valence-electron chi connectivity index (χ0n) is 12.6. The van der Waals surface area contributed by atoms with Gasteiger partial charge >= 0.3 is 0 Å². The van der Waals surface area contributed by atoms with Crippen molar-refractivity contribution in [3.8, 4) is 0 Å². The summed E-state index contributed by atoms with van der Waals surface area (Å²) in [5, 5.41) is 9.97. The van der Waals surface area contributed by atoms with E-state index in [4.69, 9.17) is 0 Å². The minimum absolute atomic E-state index is 0.221. The van der Waals surface area contributed by atoms with Crippen molar-refractivity contribution in [2.75, 3.05) is 19.6 Å². The summed E-state index contributed by atoms with van der Waals surface area (Å²) < 4.78 is 26.7. The lowest BCUT2D eigenvalue weighted by Crippen LogP contribution is -2.33. The summed E-state index contributed by atoms with van der Waals surface area (Å²) in [6.45, 7) is 8.39. The first-order valence-corrected chi connectivity index (χ1v) is 8.75. The van der Waals surface area contributed by atoms with E-state index in [9.17, 15) is 8.42 Å². The third kappa shape index (κ3) is 4.29. The van der Waals surface area contributed by atoms with Gasteiger partial charge in [0.15, 0.2) is 5.03 Å². The molecule has 0 aliphatic heterocycles. The first kappa shape index (κ1) is 17.1. The molecular formula is C13H26N4O2S. The molecule has 0 radical (unpaired) electrons. The molecule has 0 aliphatic carbocycles.